The molecule has 0 aliphatic carbocycles. The van der Waals surface area contributed by atoms with Gasteiger partial charge in [0.1, 0.15) is 17.5 Å². The van der Waals surface area contributed by atoms with E-state index in [0.29, 0.717) is 5.82 Å². The highest BCUT2D eigenvalue weighted by Gasteiger charge is 2.07. The Bertz CT molecular complexity index is 680. The Kier molecular flexibility index (Phi) is 5.16. The Morgan fingerprint density at radius 3 is 2.26 bits per heavy atom. The van der Waals surface area contributed by atoms with Crippen LogP contribution >= 0.6 is 0 Å². The number of nitrogens with one attached hydrogen (secondary N) is 2. The van der Waals surface area contributed by atoms with Crippen molar-refractivity contribution in [2.45, 2.75) is 20.8 Å². The van der Waals surface area contributed by atoms with Gasteiger partial charge in [-0.2, -0.15) is 0 Å². The summed E-state index contributed by atoms with van der Waals surface area (Å²) in [5.41, 5.74) is 1.68. The van der Waals surface area contributed by atoms with E-state index >= 15 is 0 Å². The van der Waals surface area contributed by atoms with Crippen molar-refractivity contribution in [2.75, 3.05) is 29.6 Å². The molecule has 1 aromatic carbocycles. The number of aromatic nitrogens is 2. The third-order valence-electron chi connectivity index (χ3n) is 3.23. The van der Waals surface area contributed by atoms with Crippen LogP contribution in [0.25, 0.3) is 0 Å². The van der Waals surface area contributed by atoms with Crippen molar-refractivity contribution in [3.05, 3.63) is 36.2 Å². The number of carbonyl (C=O) groups excluding carboxylic acids is 1. The average molecular weight is 313 g/mol. The number of aryl methyl sites for hydroxylation is 1. The normalized spacial score (nSPS) is 10.5. The van der Waals surface area contributed by atoms with E-state index in [1.807, 2.05) is 70.1 Å². The zero-order valence-corrected chi connectivity index (χ0v) is 14.2. The maximum absolute atomic E-state index is 11.7. The van der Waals surface area contributed by atoms with Gasteiger partial charge in [-0.3, -0.25) is 4.79 Å². The fourth-order valence-electron chi connectivity index (χ4n) is 1.92. The summed E-state index contributed by atoms with van der Waals surface area (Å²) in [4.78, 5) is 22.4. The van der Waals surface area contributed by atoms with Crippen LogP contribution in [0, 0.1) is 12.8 Å². The highest BCUT2D eigenvalue weighted by atomic mass is 16.1. The standard InChI is InChI=1S/C17H23N5O/c1-11(2)17(23)21-14-8-6-13(7-9-14)20-15-10-16(22(4)5)19-12(3)18-15/h6-11H,1-5H3,(H,21,23)(H,18,19,20). The van der Waals surface area contributed by atoms with E-state index in [-0.39, 0.29) is 11.8 Å². The summed E-state index contributed by atoms with van der Waals surface area (Å²) in [6.07, 6.45) is 0. The number of rotatable bonds is 5. The molecule has 6 nitrogen and oxygen atoms in total. The second-order valence-corrected chi connectivity index (χ2v) is 5.90. The molecule has 0 spiro atoms. The first-order chi connectivity index (χ1) is 10.8. The molecule has 0 fully saturated rings. The van der Waals surface area contributed by atoms with Crippen LogP contribution in [-0.4, -0.2) is 30.0 Å². The third kappa shape index (κ3) is 4.67. The summed E-state index contributed by atoms with van der Waals surface area (Å²) in [5.74, 6) is 2.26. The van der Waals surface area contributed by atoms with Crippen molar-refractivity contribution in [1.82, 2.24) is 9.97 Å². The Labute approximate surface area is 137 Å². The van der Waals surface area contributed by atoms with Crippen molar-refractivity contribution in [2.24, 2.45) is 5.92 Å². The van der Waals surface area contributed by atoms with Gasteiger partial charge in [0.2, 0.25) is 5.91 Å². The molecule has 0 atom stereocenters. The largest absolute Gasteiger partial charge is 0.363 e. The number of hydrogen-bond acceptors (Lipinski definition) is 5. The van der Waals surface area contributed by atoms with Gasteiger partial charge in [0, 0.05) is 37.5 Å². The summed E-state index contributed by atoms with van der Waals surface area (Å²) < 4.78 is 0. The van der Waals surface area contributed by atoms with E-state index in [0.717, 1.165) is 23.0 Å². The minimum absolute atomic E-state index is 0.00718. The molecule has 2 rings (SSSR count). The minimum atomic E-state index is -0.0405. The van der Waals surface area contributed by atoms with Gasteiger partial charge in [0.25, 0.3) is 0 Å². The number of carbonyl (C=O) groups is 1. The summed E-state index contributed by atoms with van der Waals surface area (Å²) >= 11 is 0. The van der Waals surface area contributed by atoms with Gasteiger partial charge in [-0.15, -0.1) is 0 Å². The van der Waals surface area contributed by atoms with E-state index in [1.165, 1.54) is 0 Å². The molecule has 2 aromatic rings. The van der Waals surface area contributed by atoms with Gasteiger partial charge < -0.3 is 15.5 Å². The molecule has 23 heavy (non-hydrogen) atoms. The number of nitrogens with zero attached hydrogens (tertiary/aromatic N) is 3. The lowest BCUT2D eigenvalue weighted by Gasteiger charge is -2.14. The molecule has 2 N–H and O–H groups in total. The molecular formula is C17H23N5O. The topological polar surface area (TPSA) is 70.2 Å². The molecule has 0 unspecified atom stereocenters. The molecule has 0 aliphatic heterocycles. The summed E-state index contributed by atoms with van der Waals surface area (Å²) in [6.45, 7) is 5.60. The van der Waals surface area contributed by atoms with Gasteiger partial charge in [-0.05, 0) is 31.2 Å². The lowest BCUT2D eigenvalue weighted by Crippen LogP contribution is -2.17. The summed E-state index contributed by atoms with van der Waals surface area (Å²) in [6, 6.07) is 9.43. The van der Waals surface area contributed by atoms with Crippen molar-refractivity contribution in [3.8, 4) is 0 Å². The monoisotopic (exact) mass is 313 g/mol. The van der Waals surface area contributed by atoms with Crippen molar-refractivity contribution in [1.29, 1.82) is 0 Å². The van der Waals surface area contributed by atoms with Crippen LogP contribution in [0.3, 0.4) is 0 Å². The molecule has 0 saturated heterocycles. The average Bonchev–Trinajstić information content (AvgIpc) is 2.48. The summed E-state index contributed by atoms with van der Waals surface area (Å²) in [5, 5.41) is 6.12. The van der Waals surface area contributed by atoms with Crippen LogP contribution in [0.4, 0.5) is 23.0 Å². The molecule has 0 radical (unpaired) electrons. The molecule has 122 valence electrons. The lowest BCUT2D eigenvalue weighted by molar-refractivity contribution is -0.118. The number of amides is 1. The quantitative estimate of drug-likeness (QED) is 0.887. The molecule has 1 amide bonds. The fraction of sp³-hybridized carbons (Fsp3) is 0.353. The smallest absolute Gasteiger partial charge is 0.226 e. The lowest BCUT2D eigenvalue weighted by atomic mass is 10.2. The zero-order chi connectivity index (χ0) is 17.0. The first-order valence-electron chi connectivity index (χ1n) is 7.56. The van der Waals surface area contributed by atoms with Crippen molar-refractivity contribution < 1.29 is 4.79 Å². The zero-order valence-electron chi connectivity index (χ0n) is 14.2. The minimum Gasteiger partial charge on any atom is -0.363 e. The predicted molar refractivity (Wildman–Crippen MR) is 94.3 cm³/mol. The fourth-order valence-corrected chi connectivity index (χ4v) is 1.92. The second-order valence-electron chi connectivity index (χ2n) is 5.90. The number of hydrogen-bond donors (Lipinski definition) is 2. The van der Waals surface area contributed by atoms with Crippen molar-refractivity contribution >= 4 is 28.9 Å². The maximum atomic E-state index is 11.7. The summed E-state index contributed by atoms with van der Waals surface area (Å²) in [7, 11) is 3.88. The predicted octanol–water partition coefficient (Wildman–Crippen LogP) is 3.19. The van der Waals surface area contributed by atoms with Crippen LogP contribution in [0.15, 0.2) is 30.3 Å². The molecule has 6 heteroatoms. The van der Waals surface area contributed by atoms with Crippen LogP contribution in [-0.2, 0) is 4.79 Å². The molecule has 0 bridgehead atoms. The van der Waals surface area contributed by atoms with E-state index in [2.05, 4.69) is 20.6 Å². The van der Waals surface area contributed by atoms with Gasteiger partial charge in [-0.1, -0.05) is 13.8 Å². The molecular weight excluding hydrogens is 290 g/mol. The van der Waals surface area contributed by atoms with Crippen LogP contribution in [0.1, 0.15) is 19.7 Å². The molecule has 1 heterocycles. The highest BCUT2D eigenvalue weighted by molar-refractivity contribution is 5.92. The van der Waals surface area contributed by atoms with E-state index in [1.54, 1.807) is 0 Å². The molecule has 1 aromatic heterocycles. The van der Waals surface area contributed by atoms with Gasteiger partial charge in [-0.25, -0.2) is 9.97 Å². The Balaban J connectivity index is 2.11. The number of benzene rings is 1. The first kappa shape index (κ1) is 16.7. The van der Waals surface area contributed by atoms with Gasteiger partial charge in [0.05, 0.1) is 0 Å². The van der Waals surface area contributed by atoms with Gasteiger partial charge in [0.15, 0.2) is 0 Å². The second kappa shape index (κ2) is 7.09. The van der Waals surface area contributed by atoms with Crippen LogP contribution < -0.4 is 15.5 Å². The van der Waals surface area contributed by atoms with E-state index in [9.17, 15) is 4.79 Å². The number of anilines is 4. The Morgan fingerprint density at radius 1 is 1.09 bits per heavy atom. The van der Waals surface area contributed by atoms with E-state index < -0.39 is 0 Å². The van der Waals surface area contributed by atoms with Gasteiger partial charge >= 0.3 is 0 Å². The molecule has 0 saturated carbocycles. The van der Waals surface area contributed by atoms with Crippen LogP contribution in [0.2, 0.25) is 0 Å². The SMILES string of the molecule is Cc1nc(Nc2ccc(NC(=O)C(C)C)cc2)cc(N(C)C)n1. The maximum Gasteiger partial charge on any atom is 0.226 e. The third-order valence-corrected chi connectivity index (χ3v) is 3.23. The Morgan fingerprint density at radius 2 is 1.70 bits per heavy atom. The molecule has 0 aliphatic rings. The highest BCUT2D eigenvalue weighted by Crippen LogP contribution is 2.20. The first-order valence-corrected chi connectivity index (χ1v) is 7.56. The Hall–Kier alpha value is -2.63. The van der Waals surface area contributed by atoms with E-state index in [4.69, 9.17) is 0 Å². The van der Waals surface area contributed by atoms with Crippen molar-refractivity contribution in [3.63, 3.8) is 0 Å². The van der Waals surface area contributed by atoms with Crippen LogP contribution in [0.5, 0.6) is 0 Å².